The highest BCUT2D eigenvalue weighted by atomic mass is 16.6. The Labute approximate surface area is 193 Å². The number of amides is 1. The smallest absolute Gasteiger partial charge is 0.269 e. The van der Waals surface area contributed by atoms with E-state index in [0.717, 1.165) is 41.3 Å². The highest BCUT2D eigenvalue weighted by molar-refractivity contribution is 6.23. The summed E-state index contributed by atoms with van der Waals surface area (Å²) >= 11 is 0. The minimum Gasteiger partial charge on any atom is -0.372 e. The van der Waals surface area contributed by atoms with Crippen molar-refractivity contribution >= 4 is 34.7 Å². The molecule has 0 aliphatic carbocycles. The van der Waals surface area contributed by atoms with Crippen molar-refractivity contribution in [2.24, 2.45) is 0 Å². The largest absolute Gasteiger partial charge is 0.372 e. The minimum absolute atomic E-state index is 0.0188. The number of non-ortho nitro benzene ring substituents is 1. The number of anilines is 2. The Morgan fingerprint density at radius 2 is 1.55 bits per heavy atom. The zero-order valence-electron chi connectivity index (χ0n) is 18.6. The van der Waals surface area contributed by atoms with Crippen molar-refractivity contribution in [3.05, 3.63) is 112 Å². The molecule has 0 radical (unpaired) electrons. The van der Waals surface area contributed by atoms with Gasteiger partial charge in [0.2, 0.25) is 0 Å². The first-order valence-electron chi connectivity index (χ1n) is 10.9. The van der Waals surface area contributed by atoms with Gasteiger partial charge in [-0.1, -0.05) is 30.3 Å². The van der Waals surface area contributed by atoms with Crippen LogP contribution in [0.1, 0.15) is 25.0 Å². The second-order valence-electron chi connectivity index (χ2n) is 7.67. The summed E-state index contributed by atoms with van der Waals surface area (Å²) in [5.41, 5.74) is 4.91. The van der Waals surface area contributed by atoms with Gasteiger partial charge >= 0.3 is 0 Å². The fraction of sp³-hybridized carbons (Fsp3) is 0.148. The third-order valence-electron chi connectivity index (χ3n) is 5.72. The van der Waals surface area contributed by atoms with E-state index >= 15 is 0 Å². The topological polar surface area (TPSA) is 66.7 Å². The summed E-state index contributed by atoms with van der Waals surface area (Å²) in [6, 6.07) is 24.0. The molecule has 1 amide bonds. The quantitative estimate of drug-likeness (QED) is 0.261. The second-order valence-corrected chi connectivity index (χ2v) is 7.67. The summed E-state index contributed by atoms with van der Waals surface area (Å²) in [7, 11) is 0. The van der Waals surface area contributed by atoms with Crippen LogP contribution in [-0.4, -0.2) is 23.9 Å². The molecular formula is C27H25N3O3. The molecule has 0 unspecified atom stereocenters. The molecule has 0 bridgehead atoms. The molecule has 33 heavy (non-hydrogen) atoms. The highest BCUT2D eigenvalue weighted by Crippen LogP contribution is 2.36. The van der Waals surface area contributed by atoms with Gasteiger partial charge < -0.3 is 4.90 Å². The normalized spacial score (nSPS) is 14.5. The van der Waals surface area contributed by atoms with Crippen LogP contribution in [0.15, 0.2) is 90.5 Å². The summed E-state index contributed by atoms with van der Waals surface area (Å²) in [5.74, 6) is -0.136. The summed E-state index contributed by atoms with van der Waals surface area (Å²) < 4.78 is 0. The molecule has 0 fully saturated rings. The van der Waals surface area contributed by atoms with Gasteiger partial charge in [-0.15, -0.1) is 0 Å². The maximum atomic E-state index is 13.5. The van der Waals surface area contributed by atoms with Gasteiger partial charge in [0.05, 0.1) is 10.6 Å². The van der Waals surface area contributed by atoms with Crippen molar-refractivity contribution in [3.8, 4) is 0 Å². The second kappa shape index (κ2) is 9.53. The van der Waals surface area contributed by atoms with E-state index in [1.54, 1.807) is 23.1 Å². The van der Waals surface area contributed by atoms with Crippen LogP contribution in [0.3, 0.4) is 0 Å². The molecule has 3 aromatic rings. The monoisotopic (exact) mass is 439 g/mol. The van der Waals surface area contributed by atoms with E-state index in [4.69, 9.17) is 0 Å². The third-order valence-corrected chi connectivity index (χ3v) is 5.72. The average Bonchev–Trinajstić information content (AvgIpc) is 3.17. The molecule has 6 heteroatoms. The molecule has 0 aromatic heterocycles. The fourth-order valence-electron chi connectivity index (χ4n) is 3.97. The number of carbonyl (C=O) groups is 1. The van der Waals surface area contributed by atoms with Gasteiger partial charge in [0.15, 0.2) is 0 Å². The molecule has 4 rings (SSSR count). The Kier molecular flexibility index (Phi) is 6.36. The first kappa shape index (κ1) is 22.0. The molecule has 0 saturated heterocycles. The van der Waals surface area contributed by atoms with Gasteiger partial charge in [0.25, 0.3) is 11.6 Å². The summed E-state index contributed by atoms with van der Waals surface area (Å²) in [6.45, 7) is 6.06. The van der Waals surface area contributed by atoms with Gasteiger partial charge in [0.1, 0.15) is 0 Å². The zero-order valence-corrected chi connectivity index (χ0v) is 18.6. The van der Waals surface area contributed by atoms with E-state index in [-0.39, 0.29) is 11.6 Å². The number of carbonyl (C=O) groups excluding carboxylic acids is 1. The van der Waals surface area contributed by atoms with E-state index in [9.17, 15) is 14.9 Å². The first-order chi connectivity index (χ1) is 16.0. The Morgan fingerprint density at radius 1 is 0.909 bits per heavy atom. The van der Waals surface area contributed by atoms with E-state index in [0.29, 0.717) is 5.57 Å². The summed E-state index contributed by atoms with van der Waals surface area (Å²) in [6.07, 6.45) is 3.64. The lowest BCUT2D eigenvalue weighted by molar-refractivity contribution is -0.384. The molecule has 166 valence electrons. The lowest BCUT2D eigenvalue weighted by atomic mass is 10.1. The highest BCUT2D eigenvalue weighted by Gasteiger charge is 2.30. The molecule has 0 spiro atoms. The number of rotatable bonds is 7. The van der Waals surface area contributed by atoms with Gasteiger partial charge in [0, 0.05) is 42.2 Å². The van der Waals surface area contributed by atoms with Crippen molar-refractivity contribution in [2.45, 2.75) is 13.8 Å². The zero-order chi connectivity index (χ0) is 23.4. The van der Waals surface area contributed by atoms with Gasteiger partial charge in [-0.05, 0) is 73.5 Å². The Bertz CT molecular complexity index is 1210. The van der Waals surface area contributed by atoms with Crippen LogP contribution in [-0.2, 0) is 4.79 Å². The predicted molar refractivity (Wildman–Crippen MR) is 133 cm³/mol. The molecule has 0 saturated carbocycles. The molecule has 6 nitrogen and oxygen atoms in total. The molecular weight excluding hydrogens is 414 g/mol. The van der Waals surface area contributed by atoms with Crippen LogP contribution in [0.25, 0.3) is 11.8 Å². The van der Waals surface area contributed by atoms with Crippen LogP contribution in [0.4, 0.5) is 17.1 Å². The van der Waals surface area contributed by atoms with Gasteiger partial charge in [-0.25, -0.2) is 0 Å². The summed E-state index contributed by atoms with van der Waals surface area (Å²) in [5, 5.41) is 10.9. The number of nitro benzene ring substituents is 1. The number of nitro groups is 1. The van der Waals surface area contributed by atoms with E-state index in [1.165, 1.54) is 12.1 Å². The van der Waals surface area contributed by atoms with E-state index in [2.05, 4.69) is 18.7 Å². The maximum Gasteiger partial charge on any atom is 0.269 e. The Hall–Kier alpha value is -4.19. The van der Waals surface area contributed by atoms with Crippen LogP contribution in [0.5, 0.6) is 0 Å². The summed E-state index contributed by atoms with van der Waals surface area (Å²) in [4.78, 5) is 28.0. The fourth-order valence-corrected chi connectivity index (χ4v) is 3.97. The standard InChI is InChI=1S/C27H25N3O3/c1-3-28(4-2)23-14-16-24(17-15-23)29-26(21-8-6-5-7-9-21)19-22(27(29)31)18-20-10-12-25(13-11-20)30(32)33/h5-19H,3-4H2,1-2H3. The number of hydrogen-bond acceptors (Lipinski definition) is 4. The van der Waals surface area contributed by atoms with Crippen molar-refractivity contribution in [1.29, 1.82) is 0 Å². The Morgan fingerprint density at radius 3 is 2.12 bits per heavy atom. The van der Waals surface area contributed by atoms with Crippen molar-refractivity contribution in [3.63, 3.8) is 0 Å². The molecule has 0 N–H and O–H groups in total. The molecule has 1 aliphatic rings. The van der Waals surface area contributed by atoms with Crippen LogP contribution in [0, 0.1) is 10.1 Å². The molecule has 0 atom stereocenters. The SMILES string of the molecule is CCN(CC)c1ccc(N2C(=O)C(=Cc3ccc([N+](=O)[O-])cc3)C=C2c2ccccc2)cc1. The number of nitrogens with zero attached hydrogens (tertiary/aromatic N) is 3. The van der Waals surface area contributed by atoms with Gasteiger partial charge in [-0.3, -0.25) is 19.8 Å². The van der Waals surface area contributed by atoms with Crippen molar-refractivity contribution < 1.29 is 9.72 Å². The van der Waals surface area contributed by atoms with Crippen molar-refractivity contribution in [1.82, 2.24) is 0 Å². The number of hydrogen-bond donors (Lipinski definition) is 0. The predicted octanol–water partition coefficient (Wildman–Crippen LogP) is 5.91. The first-order valence-corrected chi connectivity index (χ1v) is 10.9. The molecule has 3 aromatic carbocycles. The van der Waals surface area contributed by atoms with Crippen molar-refractivity contribution in [2.75, 3.05) is 22.9 Å². The minimum atomic E-state index is -0.436. The Balaban J connectivity index is 1.73. The van der Waals surface area contributed by atoms with Crippen LogP contribution >= 0.6 is 0 Å². The maximum absolute atomic E-state index is 13.5. The average molecular weight is 440 g/mol. The molecule has 1 aliphatic heterocycles. The van der Waals surface area contributed by atoms with Gasteiger partial charge in [-0.2, -0.15) is 0 Å². The number of benzene rings is 3. The lowest BCUT2D eigenvalue weighted by Crippen LogP contribution is -2.25. The third kappa shape index (κ3) is 4.55. The van der Waals surface area contributed by atoms with E-state index in [1.807, 2.05) is 60.7 Å². The van der Waals surface area contributed by atoms with Crippen LogP contribution < -0.4 is 9.80 Å². The van der Waals surface area contributed by atoms with Crippen LogP contribution in [0.2, 0.25) is 0 Å². The lowest BCUT2D eigenvalue weighted by Gasteiger charge is -2.24. The van der Waals surface area contributed by atoms with E-state index < -0.39 is 4.92 Å². The molecule has 1 heterocycles.